The molecule has 0 spiro atoms. The number of aliphatic hydroxyl groups excluding tert-OH is 1. The largest absolute Gasteiger partial charge is 0.390 e. The Kier molecular flexibility index (Phi) is 8.28. The van der Waals surface area contributed by atoms with Crippen LogP contribution in [0.25, 0.3) is 0 Å². The van der Waals surface area contributed by atoms with Crippen LogP contribution in [0.4, 0.5) is 4.79 Å². The molecule has 0 aromatic heterocycles. The minimum absolute atomic E-state index is 0.106. The van der Waals surface area contributed by atoms with E-state index < -0.39 is 24.3 Å². The van der Waals surface area contributed by atoms with Crippen LogP contribution in [0.2, 0.25) is 0 Å². The van der Waals surface area contributed by atoms with E-state index in [4.69, 9.17) is 4.04 Å². The van der Waals surface area contributed by atoms with E-state index in [1.54, 1.807) is 6.92 Å². The molecule has 0 aliphatic heterocycles. The predicted molar refractivity (Wildman–Crippen MR) is 74.0 cm³/mol. The summed E-state index contributed by atoms with van der Waals surface area (Å²) in [6.45, 7) is 4.31. The van der Waals surface area contributed by atoms with Crippen LogP contribution >= 0.6 is 0 Å². The minimum Gasteiger partial charge on any atom is -0.390 e. The summed E-state index contributed by atoms with van der Waals surface area (Å²) >= 11 is 0. The van der Waals surface area contributed by atoms with Gasteiger partial charge in [0.2, 0.25) is 14.2 Å². The molecular formula is C10H22B2N3O3. The summed E-state index contributed by atoms with van der Waals surface area (Å²) in [6.07, 6.45) is -0.601. The van der Waals surface area contributed by atoms with Gasteiger partial charge in [0, 0.05) is 21.5 Å². The number of nitrogens with one attached hydrogen (secondary N) is 2. The highest BCUT2D eigenvalue weighted by Crippen LogP contribution is 2.01. The van der Waals surface area contributed by atoms with Gasteiger partial charge in [-0.1, -0.05) is 13.8 Å². The first-order valence-corrected chi connectivity index (χ1v) is 5.66. The van der Waals surface area contributed by atoms with Gasteiger partial charge < -0.3 is 10.4 Å². The monoisotopic (exact) mass is 260 g/mol. The Labute approximate surface area is 116 Å². The average Bonchev–Trinajstić information content (AvgIpc) is 2.45. The average molecular weight is 260 g/mol. The molecule has 8 heteroatoms. The van der Waals surface area contributed by atoms with Gasteiger partial charge in [-0.15, -0.1) is 0 Å². The Balaban J connectivity index is 0. The second kappa shape index (κ2) is 11.1. The number of carbonyl (C=O) groups is 2. The predicted octanol–water partition coefficient (Wildman–Crippen LogP) is -1.54. The molecule has 0 aliphatic carbocycles. The minimum atomic E-state index is -0.947. The normalized spacial score (nSPS) is 15.0. The maximum atomic E-state index is 11.1. The summed E-state index contributed by atoms with van der Waals surface area (Å²) in [5.74, 6) is -0.572. The third-order valence-corrected chi connectivity index (χ3v) is 2.34. The lowest BCUT2D eigenvalue weighted by Crippen LogP contribution is -2.51. The Morgan fingerprint density at radius 3 is 2.83 bits per heavy atom. The van der Waals surface area contributed by atoms with E-state index in [-0.39, 0.29) is 6.54 Å². The van der Waals surface area contributed by atoms with Crippen molar-refractivity contribution in [3.63, 3.8) is 0 Å². The van der Waals surface area contributed by atoms with Gasteiger partial charge in [0.15, 0.2) is 5.81 Å². The highest BCUT2D eigenvalue weighted by molar-refractivity contribution is 6.57. The van der Waals surface area contributed by atoms with Crippen molar-refractivity contribution in [2.24, 2.45) is 0 Å². The zero-order valence-electron chi connectivity index (χ0n) is 13.8. The van der Waals surface area contributed by atoms with E-state index in [2.05, 4.69) is 19.1 Å². The summed E-state index contributed by atoms with van der Waals surface area (Å²) in [4.78, 5) is 21.8. The van der Waals surface area contributed by atoms with Crippen molar-refractivity contribution in [3.05, 3.63) is 0 Å². The van der Waals surface area contributed by atoms with Crippen molar-refractivity contribution in [2.75, 3.05) is 13.1 Å². The molecule has 0 heterocycles. The quantitative estimate of drug-likeness (QED) is 0.266. The number of aliphatic hydroxyl groups is 1. The first kappa shape index (κ1) is 13.4. The third-order valence-electron chi connectivity index (χ3n) is 2.34. The molecule has 0 aromatic carbocycles. The first-order chi connectivity index (χ1) is 9.94. The summed E-state index contributed by atoms with van der Waals surface area (Å²) in [5.41, 5.74) is 2.30. The number of rotatable bonds is 9. The van der Waals surface area contributed by atoms with E-state index in [1.807, 2.05) is 6.92 Å². The Morgan fingerprint density at radius 1 is 1.72 bits per heavy atom. The summed E-state index contributed by atoms with van der Waals surface area (Å²) in [5, 5.41) is 14.0. The molecule has 0 bridgehead atoms. The molecule has 0 rings (SSSR count). The van der Waals surface area contributed by atoms with Gasteiger partial charge in [-0.05, 0) is 15.5 Å². The number of nitrogens with zero attached hydrogens (tertiary/aromatic N) is 1. The molecule has 0 saturated carbocycles. The number of hydrogen-bond donors (Lipinski definition) is 3. The van der Waals surface area contributed by atoms with Gasteiger partial charge in [0.1, 0.15) is 1.37 Å². The number of carbonyl (C=O) groups excluding carboxylic acids is 2. The van der Waals surface area contributed by atoms with Gasteiger partial charge in [-0.3, -0.25) is 15.0 Å². The molecule has 101 valence electrons. The maximum Gasteiger partial charge on any atom is 0.221 e. The molecule has 2 atom stereocenters. The van der Waals surface area contributed by atoms with Crippen molar-refractivity contribution < 1.29 is 16.1 Å². The van der Waals surface area contributed by atoms with Crippen LogP contribution in [0.15, 0.2) is 0 Å². The highest BCUT2D eigenvalue weighted by Gasteiger charge is 2.20. The van der Waals surface area contributed by atoms with Crippen LogP contribution in [0.1, 0.15) is 28.1 Å². The molecule has 18 heavy (non-hydrogen) atoms. The lowest BCUT2D eigenvalue weighted by Gasteiger charge is -2.28. The van der Waals surface area contributed by atoms with Crippen LogP contribution in [0.3, 0.4) is 0 Å². The number of hydrogen-bond acceptors (Lipinski definition) is 4. The van der Waals surface area contributed by atoms with Crippen LogP contribution in [-0.4, -0.2) is 66.4 Å². The van der Waals surface area contributed by atoms with Crippen molar-refractivity contribution in [2.45, 2.75) is 38.8 Å². The fourth-order valence-electron chi connectivity index (χ4n) is 1.53. The van der Waals surface area contributed by atoms with Crippen molar-refractivity contribution in [1.82, 2.24) is 15.8 Å². The van der Waals surface area contributed by atoms with Crippen molar-refractivity contribution >= 4 is 28.4 Å². The van der Waals surface area contributed by atoms with Crippen LogP contribution in [0, 0.1) is 0 Å². The van der Waals surface area contributed by atoms with E-state index >= 15 is 0 Å². The Hall–Kier alpha value is -1.01. The Bertz CT molecular complexity index is 304. The van der Waals surface area contributed by atoms with E-state index in [1.165, 1.54) is 5.01 Å². The molecule has 0 aliphatic rings. The van der Waals surface area contributed by atoms with Crippen LogP contribution in [-0.2, 0) is 4.79 Å². The smallest absolute Gasteiger partial charge is 0.221 e. The van der Waals surface area contributed by atoms with E-state index in [0.29, 0.717) is 20.8 Å². The van der Waals surface area contributed by atoms with Crippen LogP contribution in [0.5, 0.6) is 0 Å². The lowest BCUT2D eigenvalue weighted by atomic mass is 10.0. The van der Waals surface area contributed by atoms with Gasteiger partial charge in [0.25, 0.3) is 0 Å². The van der Waals surface area contributed by atoms with E-state index in [0.717, 1.165) is 6.42 Å². The highest BCUT2D eigenvalue weighted by atomic mass is 16.3. The van der Waals surface area contributed by atoms with Crippen LogP contribution < -0.4 is 10.7 Å². The molecule has 6 nitrogen and oxygen atoms in total. The molecule has 3 N–H and O–H groups in total. The van der Waals surface area contributed by atoms with Gasteiger partial charge in [0.05, 0.1) is 12.1 Å². The maximum absolute atomic E-state index is 11.1. The fraction of sp³-hybridized carbons (Fsp3) is 0.800. The molecule has 0 fully saturated rings. The molecule has 2 amide bonds. The number of hydrazine groups is 1. The Morgan fingerprint density at radius 2 is 2.39 bits per heavy atom. The molecular weight excluding hydrogens is 232 g/mol. The lowest BCUT2D eigenvalue weighted by molar-refractivity contribution is -0.114. The van der Waals surface area contributed by atoms with E-state index in [9.17, 15) is 14.7 Å². The second-order valence-electron chi connectivity index (χ2n) is 3.75. The summed E-state index contributed by atoms with van der Waals surface area (Å²) in [7, 11) is 4.39. The first-order valence-electron chi connectivity index (χ1n) is 7.32. The van der Waals surface area contributed by atoms with Crippen molar-refractivity contribution in [1.29, 1.82) is 2.67 Å². The molecule has 0 aromatic rings. The molecule has 3 radical (unpaired) electrons. The number of amides is 2. The molecule has 0 saturated heterocycles. The SMILES string of the molecule is [3H][B].[3H][B]C(=O)NC(CC)C(O)CN(CCC)NC([3H])=O. The summed E-state index contributed by atoms with van der Waals surface area (Å²) in [6, 6.07) is -0.504. The summed E-state index contributed by atoms with van der Waals surface area (Å²) < 4.78 is 18.9. The zero-order valence-corrected chi connectivity index (χ0v) is 10.8. The fourth-order valence-corrected chi connectivity index (χ4v) is 1.53. The van der Waals surface area contributed by atoms with Gasteiger partial charge in [-0.2, -0.15) is 0 Å². The van der Waals surface area contributed by atoms with Gasteiger partial charge in [-0.25, -0.2) is 5.01 Å². The van der Waals surface area contributed by atoms with Crippen molar-refractivity contribution in [3.8, 4) is 0 Å². The van der Waals surface area contributed by atoms with Gasteiger partial charge >= 0.3 is 0 Å². The third kappa shape index (κ3) is 8.14. The topological polar surface area (TPSA) is 81.7 Å². The second-order valence-corrected chi connectivity index (χ2v) is 3.75. The molecule has 2 unspecified atom stereocenters. The standard InChI is InChI=1S/C10H21BN3O3.BH/c1-3-5-14(12-7-15)6-9(16)8(4-2)13-10(11)17;/h7-9,11,16H,3-6H2,1-2H3,(H,12,15)(H,13,17);1H/i7T,11T;1T. The zero-order chi connectivity index (χ0) is 16.8.